The van der Waals surface area contributed by atoms with Gasteiger partial charge in [-0.2, -0.15) is 0 Å². The first-order valence-corrected chi connectivity index (χ1v) is 5.81. The van der Waals surface area contributed by atoms with Crippen molar-refractivity contribution >= 4 is 22.6 Å². The Balaban J connectivity index is 2.55. The van der Waals surface area contributed by atoms with E-state index in [9.17, 15) is 0 Å². The molecule has 0 aromatic heterocycles. The largest absolute Gasteiger partial charge is 0.0786 e. The Kier molecular flexibility index (Phi) is 3.24. The van der Waals surface area contributed by atoms with Crippen molar-refractivity contribution in [1.82, 2.24) is 0 Å². The number of halogens is 1. The highest BCUT2D eigenvalue weighted by Gasteiger charge is 2.34. The summed E-state index contributed by atoms with van der Waals surface area (Å²) in [5.41, 5.74) is 0. The minimum absolute atomic E-state index is 0.620. The van der Waals surface area contributed by atoms with Crippen molar-refractivity contribution in [2.75, 3.05) is 0 Å². The molecule has 0 nitrogen and oxygen atoms in total. The van der Waals surface area contributed by atoms with Crippen molar-refractivity contribution in [1.29, 1.82) is 0 Å². The Morgan fingerprint density at radius 1 is 1.45 bits per heavy atom. The summed E-state index contributed by atoms with van der Waals surface area (Å²) in [6, 6.07) is 0. The fourth-order valence-corrected chi connectivity index (χ4v) is 3.19. The first-order valence-electron chi connectivity index (χ1n) is 4.73. The van der Waals surface area contributed by atoms with Crippen LogP contribution < -0.4 is 0 Å². The summed E-state index contributed by atoms with van der Waals surface area (Å²) >= 11 is 2.70. The van der Waals surface area contributed by atoms with Crippen LogP contribution in [-0.2, 0) is 0 Å². The Morgan fingerprint density at radius 2 is 2.09 bits per heavy atom. The van der Waals surface area contributed by atoms with Gasteiger partial charge in [0, 0.05) is 3.42 Å². The summed E-state index contributed by atoms with van der Waals surface area (Å²) in [5.74, 6) is 1.81. The van der Waals surface area contributed by atoms with E-state index in [2.05, 4.69) is 43.4 Å². The molecule has 0 bridgehead atoms. The predicted molar refractivity (Wildman–Crippen MR) is 59.2 cm³/mol. The molecule has 0 saturated heterocycles. The van der Waals surface area contributed by atoms with Crippen LogP contribution in [0.25, 0.3) is 0 Å². The van der Waals surface area contributed by atoms with Crippen molar-refractivity contribution in [3.05, 3.63) is 0 Å². The van der Waals surface area contributed by atoms with E-state index >= 15 is 0 Å². The van der Waals surface area contributed by atoms with E-state index in [1.54, 1.807) is 0 Å². The van der Waals surface area contributed by atoms with Crippen molar-refractivity contribution < 1.29 is 0 Å². The minimum Gasteiger partial charge on any atom is -0.0786 e. The van der Waals surface area contributed by atoms with Gasteiger partial charge in [-0.15, -0.1) is 0 Å². The lowest BCUT2D eigenvalue weighted by atomic mass is 9.77. The highest BCUT2D eigenvalue weighted by atomic mass is 127. The average molecular weight is 266 g/mol. The molecule has 0 aromatic carbocycles. The lowest BCUT2D eigenvalue weighted by Gasteiger charge is -2.38. The fourth-order valence-electron chi connectivity index (χ4n) is 2.05. The average Bonchev–Trinajstić information content (AvgIpc) is 1.86. The van der Waals surface area contributed by atoms with Crippen molar-refractivity contribution in [2.45, 2.75) is 49.9 Å². The van der Waals surface area contributed by atoms with Crippen LogP contribution in [0.2, 0.25) is 0 Å². The van der Waals surface area contributed by atoms with Gasteiger partial charge in [-0.05, 0) is 24.7 Å². The van der Waals surface area contributed by atoms with Crippen LogP contribution >= 0.6 is 22.6 Å². The van der Waals surface area contributed by atoms with Gasteiger partial charge in [-0.3, -0.25) is 0 Å². The Bertz CT molecular complexity index is 131. The third-order valence-corrected chi connectivity index (χ3v) is 5.24. The minimum atomic E-state index is 0.620. The van der Waals surface area contributed by atoms with E-state index in [-0.39, 0.29) is 0 Å². The summed E-state index contributed by atoms with van der Waals surface area (Å²) in [7, 11) is 0. The molecule has 0 aliphatic heterocycles. The first-order chi connectivity index (χ1) is 5.04. The highest BCUT2D eigenvalue weighted by molar-refractivity contribution is 14.1. The van der Waals surface area contributed by atoms with E-state index in [1.807, 2.05) is 0 Å². The third-order valence-electron chi connectivity index (χ3n) is 3.01. The molecule has 1 rings (SSSR count). The molecule has 1 heteroatoms. The van der Waals surface area contributed by atoms with E-state index in [0.29, 0.717) is 3.42 Å². The van der Waals surface area contributed by atoms with Crippen LogP contribution in [0, 0.1) is 11.8 Å². The molecular weight excluding hydrogens is 247 g/mol. The first kappa shape index (κ1) is 9.82. The van der Waals surface area contributed by atoms with Gasteiger partial charge in [0.05, 0.1) is 0 Å². The topological polar surface area (TPSA) is 0 Å². The van der Waals surface area contributed by atoms with Crippen molar-refractivity contribution in [2.24, 2.45) is 11.8 Å². The second-order valence-corrected chi connectivity index (χ2v) is 6.54. The lowest BCUT2D eigenvalue weighted by molar-refractivity contribution is 0.275. The van der Waals surface area contributed by atoms with Crippen LogP contribution in [0.4, 0.5) is 0 Å². The van der Waals surface area contributed by atoms with Crippen LogP contribution in [0.15, 0.2) is 0 Å². The summed E-state index contributed by atoms with van der Waals surface area (Å²) in [4.78, 5) is 0. The maximum Gasteiger partial charge on any atom is 0.0247 e. The Labute approximate surface area is 84.3 Å². The van der Waals surface area contributed by atoms with Crippen LogP contribution in [0.5, 0.6) is 0 Å². The van der Waals surface area contributed by atoms with Gasteiger partial charge in [0.25, 0.3) is 0 Å². The van der Waals surface area contributed by atoms with Crippen molar-refractivity contribution in [3.8, 4) is 0 Å². The number of hydrogen-bond donors (Lipinski definition) is 0. The van der Waals surface area contributed by atoms with Gasteiger partial charge in [0.1, 0.15) is 0 Å². The summed E-state index contributed by atoms with van der Waals surface area (Å²) in [6.07, 6.45) is 5.78. The summed E-state index contributed by atoms with van der Waals surface area (Å²) in [5, 5.41) is 0. The number of hydrogen-bond acceptors (Lipinski definition) is 0. The molecule has 1 saturated carbocycles. The second kappa shape index (κ2) is 3.63. The molecule has 0 N–H and O–H groups in total. The van der Waals surface area contributed by atoms with Gasteiger partial charge in [-0.25, -0.2) is 0 Å². The standard InChI is InChI=1S/C10H19I/c1-8(2)10(11)6-4-5-9(3)7-10/h8-9H,4-7H2,1-3H3. The lowest BCUT2D eigenvalue weighted by Crippen LogP contribution is -2.33. The van der Waals surface area contributed by atoms with Gasteiger partial charge in [-0.1, -0.05) is 56.2 Å². The molecule has 2 unspecified atom stereocenters. The zero-order chi connectivity index (χ0) is 8.48. The summed E-state index contributed by atoms with van der Waals surface area (Å²) < 4.78 is 0.620. The number of alkyl halides is 1. The maximum absolute atomic E-state index is 2.70. The molecule has 1 fully saturated rings. The SMILES string of the molecule is CC1CCCC(I)(C(C)C)C1. The molecular formula is C10H19I. The Hall–Kier alpha value is 0.730. The molecule has 11 heavy (non-hydrogen) atoms. The zero-order valence-electron chi connectivity index (χ0n) is 7.86. The third kappa shape index (κ3) is 2.33. The van der Waals surface area contributed by atoms with E-state index < -0.39 is 0 Å². The van der Waals surface area contributed by atoms with Gasteiger partial charge >= 0.3 is 0 Å². The molecule has 1 aliphatic rings. The molecule has 66 valence electrons. The Morgan fingerprint density at radius 3 is 2.45 bits per heavy atom. The molecule has 0 radical (unpaired) electrons. The van der Waals surface area contributed by atoms with E-state index in [1.165, 1.54) is 25.7 Å². The van der Waals surface area contributed by atoms with E-state index in [4.69, 9.17) is 0 Å². The predicted octanol–water partition coefficient (Wildman–Crippen LogP) is 4.03. The second-order valence-electron chi connectivity index (χ2n) is 4.39. The van der Waals surface area contributed by atoms with Gasteiger partial charge in [0.15, 0.2) is 0 Å². The normalized spacial score (nSPS) is 39.5. The molecule has 1 aliphatic carbocycles. The molecule has 0 aromatic rings. The van der Waals surface area contributed by atoms with E-state index in [0.717, 1.165) is 11.8 Å². The van der Waals surface area contributed by atoms with Gasteiger partial charge < -0.3 is 0 Å². The zero-order valence-corrected chi connectivity index (χ0v) is 10.0. The van der Waals surface area contributed by atoms with Gasteiger partial charge in [0.2, 0.25) is 0 Å². The molecule has 2 atom stereocenters. The smallest absolute Gasteiger partial charge is 0.0247 e. The maximum atomic E-state index is 2.70. The van der Waals surface area contributed by atoms with Crippen LogP contribution in [0.1, 0.15) is 46.5 Å². The molecule has 0 amide bonds. The highest BCUT2D eigenvalue weighted by Crippen LogP contribution is 2.44. The number of rotatable bonds is 1. The van der Waals surface area contributed by atoms with Crippen molar-refractivity contribution in [3.63, 3.8) is 0 Å². The summed E-state index contributed by atoms with van der Waals surface area (Å²) in [6.45, 7) is 7.13. The fraction of sp³-hybridized carbons (Fsp3) is 1.00. The van der Waals surface area contributed by atoms with Crippen LogP contribution in [0.3, 0.4) is 0 Å². The molecule has 0 spiro atoms. The monoisotopic (exact) mass is 266 g/mol. The van der Waals surface area contributed by atoms with Crippen LogP contribution in [-0.4, -0.2) is 3.42 Å². The molecule has 0 heterocycles. The quantitative estimate of drug-likeness (QED) is 0.496.